The van der Waals surface area contributed by atoms with Gasteiger partial charge in [-0.3, -0.25) is 4.79 Å². The first-order valence-electron chi connectivity index (χ1n) is 11.5. The molecule has 1 aromatic carbocycles. The lowest BCUT2D eigenvalue weighted by Crippen LogP contribution is -2.47. The van der Waals surface area contributed by atoms with Gasteiger partial charge in [-0.15, -0.1) is 0 Å². The summed E-state index contributed by atoms with van der Waals surface area (Å²) in [7, 11) is -0.883. The van der Waals surface area contributed by atoms with E-state index < -0.39 is 9.04 Å². The van der Waals surface area contributed by atoms with Gasteiger partial charge in [-0.25, -0.2) is 4.39 Å². The molecule has 0 bridgehead atoms. The van der Waals surface area contributed by atoms with Crippen LogP contribution in [0.1, 0.15) is 54.0 Å². The lowest BCUT2D eigenvalue weighted by molar-refractivity contribution is -0.104. The van der Waals surface area contributed by atoms with Crippen LogP contribution >= 0.6 is 0 Å². The molecule has 32 heavy (non-hydrogen) atoms. The lowest BCUT2D eigenvalue weighted by atomic mass is 9.70. The molecule has 1 atom stereocenters. The van der Waals surface area contributed by atoms with Crippen molar-refractivity contribution in [3.05, 3.63) is 64.6 Å². The topological polar surface area (TPSA) is 29.5 Å². The van der Waals surface area contributed by atoms with Crippen molar-refractivity contribution >= 4 is 20.9 Å². The van der Waals surface area contributed by atoms with E-state index in [-0.39, 0.29) is 29.1 Å². The minimum absolute atomic E-state index is 0.0381. The normalized spacial score (nSPS) is 18.2. The smallest absolute Gasteiger partial charge is 0.207 e. The first-order chi connectivity index (χ1) is 14.9. The Morgan fingerprint density at radius 1 is 1.12 bits per heavy atom. The lowest BCUT2D eigenvalue weighted by Gasteiger charge is -2.48. The summed E-state index contributed by atoms with van der Waals surface area (Å²) in [4.78, 5) is 13.8. The number of hydrogen-bond donors (Lipinski definition) is 0. The quantitative estimate of drug-likeness (QED) is 0.243. The van der Waals surface area contributed by atoms with Crippen LogP contribution in [0.15, 0.2) is 53.3 Å². The van der Waals surface area contributed by atoms with Crippen LogP contribution in [0.4, 0.5) is 4.39 Å². The number of halogens is 1. The molecule has 0 N–H and O–H groups in total. The van der Waals surface area contributed by atoms with Crippen molar-refractivity contribution in [2.45, 2.75) is 67.6 Å². The molecule has 0 saturated carbocycles. The highest BCUT2D eigenvalue weighted by Gasteiger charge is 2.40. The fraction of sp³-hybridized carbons (Fsp3) is 0.519. The molecule has 1 aliphatic heterocycles. The highest BCUT2D eigenvalue weighted by Crippen LogP contribution is 2.49. The molecule has 1 aromatic rings. The summed E-state index contributed by atoms with van der Waals surface area (Å²) in [6.07, 6.45) is 4.34. The van der Waals surface area contributed by atoms with Gasteiger partial charge in [-0.1, -0.05) is 66.7 Å². The summed E-state index contributed by atoms with van der Waals surface area (Å²) in [5.41, 5.74) is 5.48. The van der Waals surface area contributed by atoms with Crippen LogP contribution in [-0.4, -0.2) is 33.0 Å². The molecule has 1 heterocycles. The van der Waals surface area contributed by atoms with Crippen LogP contribution < -0.4 is 0 Å². The van der Waals surface area contributed by atoms with Gasteiger partial charge in [-0.2, -0.15) is 0 Å². The average molecular weight is 457 g/mol. The van der Waals surface area contributed by atoms with Crippen molar-refractivity contribution in [1.82, 2.24) is 4.90 Å². The Bertz CT molecular complexity index is 889. The maximum Gasteiger partial charge on any atom is 0.207 e. The van der Waals surface area contributed by atoms with E-state index in [2.05, 4.69) is 66.5 Å². The van der Waals surface area contributed by atoms with Gasteiger partial charge in [0.25, 0.3) is 0 Å². The van der Waals surface area contributed by atoms with Crippen molar-refractivity contribution in [3.63, 3.8) is 0 Å². The van der Waals surface area contributed by atoms with Crippen molar-refractivity contribution in [1.29, 1.82) is 0 Å². The van der Waals surface area contributed by atoms with E-state index in [1.54, 1.807) is 6.08 Å². The first kappa shape index (κ1) is 26.3. The molecule has 3 nitrogen and oxygen atoms in total. The molecular weight excluding hydrogens is 417 g/mol. The van der Waals surface area contributed by atoms with E-state index in [1.807, 2.05) is 18.2 Å². The number of aldehydes is 1. The van der Waals surface area contributed by atoms with Gasteiger partial charge in [0.15, 0.2) is 0 Å². The Morgan fingerprint density at radius 2 is 1.72 bits per heavy atom. The first-order valence-corrected chi connectivity index (χ1v) is 13.9. The van der Waals surface area contributed by atoms with Gasteiger partial charge in [-0.05, 0) is 70.8 Å². The number of hydrogen-bond acceptors (Lipinski definition) is 3. The van der Waals surface area contributed by atoms with E-state index in [4.69, 9.17) is 4.43 Å². The fourth-order valence-corrected chi connectivity index (χ4v) is 4.98. The van der Waals surface area contributed by atoms with E-state index >= 15 is 0 Å². The Morgan fingerprint density at radius 3 is 2.16 bits per heavy atom. The van der Waals surface area contributed by atoms with Gasteiger partial charge in [0.1, 0.15) is 18.8 Å². The van der Waals surface area contributed by atoms with Crippen LogP contribution in [0.5, 0.6) is 0 Å². The molecule has 0 spiro atoms. The molecule has 0 aliphatic carbocycles. The molecule has 0 saturated heterocycles. The van der Waals surface area contributed by atoms with Gasteiger partial charge < -0.3 is 9.33 Å². The van der Waals surface area contributed by atoms with Gasteiger partial charge in [0.05, 0.1) is 6.04 Å². The zero-order valence-electron chi connectivity index (χ0n) is 21.1. The van der Waals surface area contributed by atoms with Crippen LogP contribution in [0, 0.1) is 23.1 Å². The number of benzene rings is 1. The molecule has 5 heteroatoms. The van der Waals surface area contributed by atoms with Crippen molar-refractivity contribution in [2.24, 2.45) is 17.3 Å². The Kier molecular flexibility index (Phi) is 8.83. The minimum Gasteiger partial charge on any atom is -0.400 e. The summed E-state index contributed by atoms with van der Waals surface area (Å²) in [6, 6.07) is 6.77. The number of rotatable bonds is 8. The second-order valence-electron chi connectivity index (χ2n) is 10.3. The SMILES string of the molecule is CC(C)C1=C(C(C)(C)C)C(c2ccc(F)cc2)=C(C=CC=O)C(C(C)C)N1CO[Si](C)C. The zero-order chi connectivity index (χ0) is 24.2. The van der Waals surface area contributed by atoms with E-state index in [1.165, 1.54) is 23.4 Å². The second-order valence-corrected chi connectivity index (χ2v) is 12.4. The van der Waals surface area contributed by atoms with Crippen molar-refractivity contribution in [3.8, 4) is 0 Å². The number of carbonyl (C=O) groups excluding carboxylic acids is 1. The number of carbonyl (C=O) groups is 1. The summed E-state index contributed by atoms with van der Waals surface area (Å²) >= 11 is 0. The van der Waals surface area contributed by atoms with Crippen LogP contribution in [0.3, 0.4) is 0 Å². The Labute approximate surface area is 195 Å². The van der Waals surface area contributed by atoms with Crippen LogP contribution in [-0.2, 0) is 9.22 Å². The molecule has 1 aliphatic rings. The highest BCUT2D eigenvalue weighted by molar-refractivity contribution is 6.48. The third-order valence-corrected chi connectivity index (χ3v) is 6.37. The van der Waals surface area contributed by atoms with Gasteiger partial charge >= 0.3 is 0 Å². The van der Waals surface area contributed by atoms with Crippen LogP contribution in [0.2, 0.25) is 13.1 Å². The number of nitrogens with zero attached hydrogens (tertiary/aromatic N) is 1. The Balaban J connectivity index is 2.99. The molecule has 175 valence electrons. The summed E-state index contributed by atoms with van der Waals surface area (Å²) in [6.45, 7) is 20.3. The third-order valence-electron chi connectivity index (χ3n) is 5.67. The molecule has 1 unspecified atom stereocenters. The van der Waals surface area contributed by atoms with Gasteiger partial charge in [0, 0.05) is 5.70 Å². The third kappa shape index (κ3) is 5.87. The van der Waals surface area contributed by atoms with E-state index in [9.17, 15) is 9.18 Å². The zero-order valence-corrected chi connectivity index (χ0v) is 22.1. The Hall–Kier alpha value is -1.98. The number of allylic oxidation sites excluding steroid dienone is 4. The molecule has 0 fully saturated rings. The van der Waals surface area contributed by atoms with E-state index in [0.717, 1.165) is 23.0 Å². The monoisotopic (exact) mass is 456 g/mol. The predicted molar refractivity (Wildman–Crippen MR) is 134 cm³/mol. The van der Waals surface area contributed by atoms with E-state index in [0.29, 0.717) is 6.73 Å². The molecular formula is C27H39FNO2Si. The van der Waals surface area contributed by atoms with Gasteiger partial charge in [0.2, 0.25) is 9.04 Å². The summed E-state index contributed by atoms with van der Waals surface area (Å²) in [5.74, 6) is 0.294. The highest BCUT2D eigenvalue weighted by atomic mass is 28.3. The largest absolute Gasteiger partial charge is 0.400 e. The molecule has 0 aromatic heterocycles. The minimum atomic E-state index is -0.883. The summed E-state index contributed by atoms with van der Waals surface area (Å²) in [5, 5.41) is 0. The predicted octanol–water partition coefficient (Wildman–Crippen LogP) is 6.86. The van der Waals surface area contributed by atoms with Crippen LogP contribution in [0.25, 0.3) is 5.57 Å². The van der Waals surface area contributed by atoms with Crippen molar-refractivity contribution in [2.75, 3.05) is 6.73 Å². The standard InChI is InChI=1S/C27H39FNO2Si/c1-18(2)25-22(11-10-16-30)23(20-12-14-21(28)15-13-20)24(27(5,6)7)26(19(3)4)29(25)17-31-32(8)9/h10-16,18-19,25H,17H2,1-9H3. The summed E-state index contributed by atoms with van der Waals surface area (Å²) < 4.78 is 20.1. The fourth-order valence-electron chi connectivity index (χ4n) is 4.58. The average Bonchev–Trinajstić information content (AvgIpc) is 2.68. The molecule has 2 rings (SSSR count). The van der Waals surface area contributed by atoms with Crippen molar-refractivity contribution < 1.29 is 13.6 Å². The maximum atomic E-state index is 13.8. The second kappa shape index (κ2) is 10.8. The maximum absolute atomic E-state index is 13.8. The molecule has 1 radical (unpaired) electrons. The molecule has 0 amide bonds.